The first-order chi connectivity index (χ1) is 5.62. The first-order valence-corrected chi connectivity index (χ1v) is 5.82. The molecule has 9 nitrogen and oxygen atoms in total. The van der Waals surface area contributed by atoms with E-state index in [0.29, 0.717) is 6.54 Å². The molecule has 0 aromatic heterocycles. The largest absolute Gasteiger partial charge is 0.478 e. The molecule has 82 valence electrons. The molecular weight excluding hydrogens is 228 g/mol. The number of aliphatic hydroxyl groups is 1. The van der Waals surface area contributed by atoms with Crippen LogP contribution < -0.4 is 5.73 Å². The van der Waals surface area contributed by atoms with Gasteiger partial charge in [0.15, 0.2) is 0 Å². The third-order valence-electron chi connectivity index (χ3n) is 0.342. The summed E-state index contributed by atoms with van der Waals surface area (Å²) in [4.78, 5) is 31.0. The minimum atomic E-state index is -5.05. The average molecular weight is 239 g/mol. The van der Waals surface area contributed by atoms with Crippen molar-refractivity contribution in [1.82, 2.24) is 0 Å². The number of rotatable bonds is 3. The highest BCUT2D eigenvalue weighted by atomic mass is 31.3. The zero-order chi connectivity index (χ0) is 11.1. The molecule has 0 unspecified atom stereocenters. The van der Waals surface area contributed by atoms with E-state index in [9.17, 15) is 9.13 Å². The fraction of sp³-hybridized carbons (Fsp3) is 1.00. The maximum Gasteiger partial charge on any atom is 0.478 e. The lowest BCUT2D eigenvalue weighted by atomic mass is 10.8. The number of phosphoric acid groups is 2. The first-order valence-electron chi connectivity index (χ1n) is 2.75. The maximum atomic E-state index is 9.63. The maximum absolute atomic E-state index is 9.63. The Balaban J connectivity index is 0. The summed E-state index contributed by atoms with van der Waals surface area (Å²) >= 11 is 0. The van der Waals surface area contributed by atoms with Crippen LogP contribution in [0.4, 0.5) is 0 Å². The molecule has 0 rings (SSSR count). The molecule has 7 N–H and O–H groups in total. The van der Waals surface area contributed by atoms with Crippen molar-refractivity contribution in [3.8, 4) is 0 Å². The molecule has 0 spiro atoms. The van der Waals surface area contributed by atoms with E-state index in [1.807, 2.05) is 0 Å². The van der Waals surface area contributed by atoms with E-state index in [4.69, 9.17) is 30.4 Å². The Bertz CT molecular complexity index is 182. The van der Waals surface area contributed by atoms with Crippen molar-refractivity contribution >= 4 is 15.6 Å². The molecule has 0 radical (unpaired) electrons. The van der Waals surface area contributed by atoms with Gasteiger partial charge in [-0.05, 0) is 0 Å². The number of aliphatic hydroxyl groups excluding tert-OH is 1. The predicted molar refractivity (Wildman–Crippen MR) is 41.3 cm³/mol. The van der Waals surface area contributed by atoms with Gasteiger partial charge in [-0.2, -0.15) is 4.31 Å². The quantitative estimate of drug-likeness (QED) is 0.308. The molecule has 11 heteroatoms. The van der Waals surface area contributed by atoms with Gasteiger partial charge in [-0.3, -0.25) is 0 Å². The second kappa shape index (κ2) is 6.61. The van der Waals surface area contributed by atoms with Crippen molar-refractivity contribution in [2.45, 2.75) is 0 Å². The van der Waals surface area contributed by atoms with Crippen LogP contribution in [-0.4, -0.2) is 37.8 Å². The summed E-state index contributed by atoms with van der Waals surface area (Å²) in [5, 5.41) is 7.75. The van der Waals surface area contributed by atoms with Crippen LogP contribution in [-0.2, 0) is 13.4 Å². The highest BCUT2D eigenvalue weighted by Gasteiger charge is 2.27. The van der Waals surface area contributed by atoms with E-state index in [0.717, 1.165) is 0 Å². The molecule has 0 amide bonds. The first kappa shape index (κ1) is 15.6. The van der Waals surface area contributed by atoms with Gasteiger partial charge in [-0.15, -0.1) is 0 Å². The smallest absolute Gasteiger partial charge is 0.395 e. The molecule has 0 aromatic carbocycles. The van der Waals surface area contributed by atoms with Gasteiger partial charge in [0, 0.05) is 6.54 Å². The van der Waals surface area contributed by atoms with Gasteiger partial charge in [-0.1, -0.05) is 0 Å². The van der Waals surface area contributed by atoms with E-state index >= 15 is 0 Å². The normalized spacial score (nSPS) is 11.8. The molecular formula is C2H11NO8P2. The zero-order valence-corrected chi connectivity index (χ0v) is 8.14. The molecule has 0 bridgehead atoms. The summed E-state index contributed by atoms with van der Waals surface area (Å²) in [6, 6.07) is 0. The molecule has 13 heavy (non-hydrogen) atoms. The summed E-state index contributed by atoms with van der Waals surface area (Å²) in [7, 11) is -10.1. The van der Waals surface area contributed by atoms with E-state index in [2.05, 4.69) is 4.31 Å². The summed E-state index contributed by atoms with van der Waals surface area (Å²) in [5.74, 6) is 0. The topological polar surface area (TPSA) is 171 Å². The highest BCUT2D eigenvalue weighted by Crippen LogP contribution is 2.53. The summed E-state index contributed by atoms with van der Waals surface area (Å²) in [6.45, 7) is 0.472. The molecule has 0 heterocycles. The van der Waals surface area contributed by atoms with E-state index in [1.54, 1.807) is 0 Å². The van der Waals surface area contributed by atoms with Crippen molar-refractivity contribution in [1.29, 1.82) is 0 Å². The van der Waals surface area contributed by atoms with Crippen LogP contribution in [0.2, 0.25) is 0 Å². The van der Waals surface area contributed by atoms with Crippen LogP contribution in [0.25, 0.3) is 0 Å². The molecule has 0 aromatic rings. The van der Waals surface area contributed by atoms with E-state index in [1.165, 1.54) is 0 Å². The minimum absolute atomic E-state index is 0.0972. The van der Waals surface area contributed by atoms with Gasteiger partial charge in [-0.25, -0.2) is 9.13 Å². The fourth-order valence-corrected chi connectivity index (χ4v) is 1.25. The second-order valence-corrected chi connectivity index (χ2v) is 4.19. The van der Waals surface area contributed by atoms with Crippen molar-refractivity contribution in [2.75, 3.05) is 13.2 Å². The van der Waals surface area contributed by atoms with Crippen LogP contribution in [0, 0.1) is 0 Å². The zero-order valence-electron chi connectivity index (χ0n) is 6.35. The Hall–Kier alpha value is 0.180. The Labute approximate surface area is 73.6 Å². The number of hydrogen-bond donors (Lipinski definition) is 6. The number of hydrogen-bond acceptors (Lipinski definition) is 5. The third-order valence-corrected chi connectivity index (χ3v) is 2.04. The van der Waals surface area contributed by atoms with Gasteiger partial charge < -0.3 is 30.4 Å². The van der Waals surface area contributed by atoms with Crippen LogP contribution in [0.3, 0.4) is 0 Å². The van der Waals surface area contributed by atoms with Crippen LogP contribution in [0.5, 0.6) is 0 Å². The summed E-state index contributed by atoms with van der Waals surface area (Å²) in [5.41, 5.74) is 4.78. The SMILES string of the molecule is NCCO.O=P(O)(O)OP(=O)(O)O. The standard InChI is InChI=1S/C2H7NO.H4O7P2/c3-1-2-4;1-8(2,3)7-9(4,5)6/h4H,1-3H2;(H2,1,2,3)(H2,4,5,6). The van der Waals surface area contributed by atoms with E-state index in [-0.39, 0.29) is 6.61 Å². The Morgan fingerprint density at radius 2 is 1.31 bits per heavy atom. The van der Waals surface area contributed by atoms with Crippen molar-refractivity contribution < 1.29 is 38.1 Å². The Morgan fingerprint density at radius 3 is 1.31 bits per heavy atom. The summed E-state index contributed by atoms with van der Waals surface area (Å²) < 4.78 is 22.2. The molecule has 0 fully saturated rings. The van der Waals surface area contributed by atoms with Gasteiger partial charge >= 0.3 is 15.6 Å². The fourth-order valence-electron chi connectivity index (χ4n) is 0.139. The molecule has 0 aliphatic carbocycles. The lowest BCUT2D eigenvalue weighted by molar-refractivity contribution is 0.225. The molecule has 0 aliphatic rings. The minimum Gasteiger partial charge on any atom is -0.395 e. The monoisotopic (exact) mass is 239 g/mol. The Morgan fingerprint density at radius 1 is 1.08 bits per heavy atom. The second-order valence-electron chi connectivity index (χ2n) is 1.58. The van der Waals surface area contributed by atoms with Gasteiger partial charge in [0.25, 0.3) is 0 Å². The average Bonchev–Trinajstić information content (AvgIpc) is 1.80. The van der Waals surface area contributed by atoms with Crippen LogP contribution >= 0.6 is 15.6 Å². The molecule has 0 saturated carbocycles. The van der Waals surface area contributed by atoms with Crippen molar-refractivity contribution in [3.05, 3.63) is 0 Å². The lowest BCUT2D eigenvalue weighted by Gasteiger charge is -2.03. The van der Waals surface area contributed by atoms with Gasteiger partial charge in [0.2, 0.25) is 0 Å². The third kappa shape index (κ3) is 24.5. The van der Waals surface area contributed by atoms with Crippen molar-refractivity contribution in [2.24, 2.45) is 5.73 Å². The van der Waals surface area contributed by atoms with Crippen molar-refractivity contribution in [3.63, 3.8) is 0 Å². The highest BCUT2D eigenvalue weighted by molar-refractivity contribution is 7.60. The predicted octanol–water partition coefficient (Wildman–Crippen LogP) is -1.87. The van der Waals surface area contributed by atoms with Crippen LogP contribution in [0.15, 0.2) is 0 Å². The number of nitrogens with two attached hydrogens (primary N) is 1. The Kier molecular flexibility index (Phi) is 7.95. The molecule has 0 aliphatic heterocycles. The van der Waals surface area contributed by atoms with E-state index < -0.39 is 15.6 Å². The van der Waals surface area contributed by atoms with Gasteiger partial charge in [0.05, 0.1) is 6.61 Å². The van der Waals surface area contributed by atoms with Crippen LogP contribution in [0.1, 0.15) is 0 Å². The molecule has 0 saturated heterocycles. The summed E-state index contributed by atoms with van der Waals surface area (Å²) in [6.07, 6.45) is 0. The van der Waals surface area contributed by atoms with Gasteiger partial charge in [0.1, 0.15) is 0 Å². The molecule has 0 atom stereocenters. The lowest BCUT2D eigenvalue weighted by Crippen LogP contribution is -2.02.